The van der Waals surface area contributed by atoms with Crippen LogP contribution in [0.25, 0.3) is 0 Å². The summed E-state index contributed by atoms with van der Waals surface area (Å²) in [6, 6.07) is 5.98. The van der Waals surface area contributed by atoms with E-state index in [9.17, 15) is 5.11 Å². The van der Waals surface area contributed by atoms with Crippen molar-refractivity contribution in [1.82, 2.24) is 0 Å². The zero-order valence-corrected chi connectivity index (χ0v) is 12.4. The van der Waals surface area contributed by atoms with Gasteiger partial charge >= 0.3 is 0 Å². The largest absolute Gasteiger partial charge is 0.497 e. The van der Waals surface area contributed by atoms with E-state index in [1.165, 1.54) is 25.7 Å². The number of rotatable bonds is 4. The fraction of sp³-hybridized carbons (Fsp3) is 0.647. The van der Waals surface area contributed by atoms with E-state index < -0.39 is 0 Å². The highest BCUT2D eigenvalue weighted by Crippen LogP contribution is 2.39. The number of aryl methyl sites for hydroxylation is 1. The molecule has 2 heteroatoms. The summed E-state index contributed by atoms with van der Waals surface area (Å²) in [6.45, 7) is 4.32. The average molecular weight is 262 g/mol. The van der Waals surface area contributed by atoms with Gasteiger partial charge in [-0.05, 0) is 54.9 Å². The Morgan fingerprint density at radius 2 is 2.16 bits per heavy atom. The number of methoxy groups -OCH3 is 1. The lowest BCUT2D eigenvalue weighted by Gasteiger charge is -2.32. The SMILES string of the molecule is CCC1CCCC(C(O)c2ccc(OC)cc2C)C1. The monoisotopic (exact) mass is 262 g/mol. The second-order valence-electron chi connectivity index (χ2n) is 5.87. The van der Waals surface area contributed by atoms with Crippen LogP contribution in [0.15, 0.2) is 18.2 Å². The van der Waals surface area contributed by atoms with Crippen LogP contribution in [-0.2, 0) is 0 Å². The molecule has 19 heavy (non-hydrogen) atoms. The van der Waals surface area contributed by atoms with Crippen LogP contribution >= 0.6 is 0 Å². The van der Waals surface area contributed by atoms with E-state index in [0.717, 1.165) is 29.2 Å². The van der Waals surface area contributed by atoms with Gasteiger partial charge in [0.1, 0.15) is 5.75 Å². The molecule has 2 rings (SSSR count). The molecule has 1 aliphatic rings. The number of hydrogen-bond donors (Lipinski definition) is 1. The van der Waals surface area contributed by atoms with E-state index in [1.54, 1.807) is 7.11 Å². The molecular formula is C17H26O2. The van der Waals surface area contributed by atoms with E-state index in [2.05, 4.69) is 13.8 Å². The molecule has 106 valence electrons. The lowest BCUT2D eigenvalue weighted by Crippen LogP contribution is -2.21. The van der Waals surface area contributed by atoms with Gasteiger partial charge in [0.15, 0.2) is 0 Å². The number of hydrogen-bond acceptors (Lipinski definition) is 2. The molecular weight excluding hydrogens is 236 g/mol. The maximum atomic E-state index is 10.7. The van der Waals surface area contributed by atoms with Gasteiger partial charge < -0.3 is 9.84 Å². The molecule has 2 nitrogen and oxygen atoms in total. The summed E-state index contributed by atoms with van der Waals surface area (Å²) in [7, 11) is 1.68. The van der Waals surface area contributed by atoms with Crippen molar-refractivity contribution >= 4 is 0 Å². The molecule has 0 aromatic heterocycles. The van der Waals surface area contributed by atoms with Crippen molar-refractivity contribution in [2.75, 3.05) is 7.11 Å². The first-order valence-electron chi connectivity index (χ1n) is 7.48. The van der Waals surface area contributed by atoms with Crippen molar-refractivity contribution in [3.63, 3.8) is 0 Å². The van der Waals surface area contributed by atoms with E-state index >= 15 is 0 Å². The van der Waals surface area contributed by atoms with E-state index in [1.807, 2.05) is 18.2 Å². The van der Waals surface area contributed by atoms with Gasteiger partial charge in [0.05, 0.1) is 13.2 Å². The molecule has 0 amide bonds. The highest BCUT2D eigenvalue weighted by Gasteiger charge is 2.28. The second kappa shape index (κ2) is 6.42. The van der Waals surface area contributed by atoms with Gasteiger partial charge in [0.2, 0.25) is 0 Å². The van der Waals surface area contributed by atoms with Gasteiger partial charge in [0, 0.05) is 0 Å². The molecule has 0 heterocycles. The summed E-state index contributed by atoms with van der Waals surface area (Å²) in [5.74, 6) is 2.08. The fourth-order valence-electron chi connectivity index (χ4n) is 3.35. The summed E-state index contributed by atoms with van der Waals surface area (Å²) in [5, 5.41) is 10.7. The Morgan fingerprint density at radius 3 is 2.79 bits per heavy atom. The van der Waals surface area contributed by atoms with Gasteiger partial charge in [-0.3, -0.25) is 0 Å². The molecule has 0 bridgehead atoms. The summed E-state index contributed by atoms with van der Waals surface area (Å²) < 4.78 is 5.23. The van der Waals surface area contributed by atoms with Gasteiger partial charge in [-0.2, -0.15) is 0 Å². The normalized spacial score (nSPS) is 25.1. The molecule has 1 aromatic carbocycles. The molecule has 3 unspecified atom stereocenters. The minimum Gasteiger partial charge on any atom is -0.497 e. The Morgan fingerprint density at radius 1 is 1.37 bits per heavy atom. The molecule has 0 saturated heterocycles. The quantitative estimate of drug-likeness (QED) is 0.878. The molecule has 1 aromatic rings. The minimum atomic E-state index is -0.319. The number of aliphatic hydroxyl groups is 1. The maximum absolute atomic E-state index is 10.7. The summed E-state index contributed by atoms with van der Waals surface area (Å²) >= 11 is 0. The van der Waals surface area contributed by atoms with Crippen LogP contribution in [-0.4, -0.2) is 12.2 Å². The van der Waals surface area contributed by atoms with Crippen molar-refractivity contribution < 1.29 is 9.84 Å². The van der Waals surface area contributed by atoms with E-state index in [4.69, 9.17) is 4.74 Å². The topological polar surface area (TPSA) is 29.5 Å². The van der Waals surface area contributed by atoms with Crippen LogP contribution in [0.4, 0.5) is 0 Å². The highest BCUT2D eigenvalue weighted by atomic mass is 16.5. The minimum absolute atomic E-state index is 0.319. The number of ether oxygens (including phenoxy) is 1. The smallest absolute Gasteiger partial charge is 0.119 e. The Labute approximate surface area is 116 Å². The lowest BCUT2D eigenvalue weighted by molar-refractivity contribution is 0.0673. The predicted molar refractivity (Wildman–Crippen MR) is 78.4 cm³/mol. The molecule has 0 radical (unpaired) electrons. The van der Waals surface area contributed by atoms with Crippen LogP contribution in [0.2, 0.25) is 0 Å². The Hall–Kier alpha value is -1.02. The van der Waals surface area contributed by atoms with Crippen LogP contribution in [0.5, 0.6) is 5.75 Å². The molecule has 1 N–H and O–H groups in total. The first-order valence-corrected chi connectivity index (χ1v) is 7.48. The van der Waals surface area contributed by atoms with Crippen molar-refractivity contribution in [2.24, 2.45) is 11.8 Å². The Balaban J connectivity index is 2.12. The van der Waals surface area contributed by atoms with Gasteiger partial charge in [-0.1, -0.05) is 32.3 Å². The summed E-state index contributed by atoms with van der Waals surface area (Å²) in [6.07, 6.45) is 5.84. The molecule has 0 spiro atoms. The van der Waals surface area contributed by atoms with E-state index in [0.29, 0.717) is 5.92 Å². The van der Waals surface area contributed by atoms with Crippen LogP contribution in [0.1, 0.15) is 56.3 Å². The lowest BCUT2D eigenvalue weighted by atomic mass is 9.76. The predicted octanol–water partition coefficient (Wildman–Crippen LogP) is 4.25. The first-order chi connectivity index (χ1) is 9.15. The number of benzene rings is 1. The van der Waals surface area contributed by atoms with Gasteiger partial charge in [0.25, 0.3) is 0 Å². The standard InChI is InChI=1S/C17H26O2/c1-4-13-6-5-7-14(11-13)17(18)16-9-8-15(19-3)10-12(16)2/h8-10,13-14,17-18H,4-7,11H2,1-3H3. The zero-order chi connectivity index (χ0) is 13.8. The third kappa shape index (κ3) is 3.30. The first kappa shape index (κ1) is 14.4. The third-order valence-electron chi connectivity index (χ3n) is 4.64. The van der Waals surface area contributed by atoms with Gasteiger partial charge in [-0.25, -0.2) is 0 Å². The van der Waals surface area contributed by atoms with Crippen molar-refractivity contribution in [2.45, 2.75) is 52.1 Å². The van der Waals surface area contributed by atoms with Crippen LogP contribution in [0, 0.1) is 18.8 Å². The summed E-state index contributed by atoms with van der Waals surface area (Å²) in [4.78, 5) is 0. The van der Waals surface area contributed by atoms with Crippen molar-refractivity contribution in [1.29, 1.82) is 0 Å². The van der Waals surface area contributed by atoms with Crippen LogP contribution < -0.4 is 4.74 Å². The Bertz CT molecular complexity index is 414. The zero-order valence-electron chi connectivity index (χ0n) is 12.4. The second-order valence-corrected chi connectivity index (χ2v) is 5.87. The van der Waals surface area contributed by atoms with Crippen molar-refractivity contribution in [3.05, 3.63) is 29.3 Å². The average Bonchev–Trinajstić information content (AvgIpc) is 2.46. The molecule has 3 atom stereocenters. The van der Waals surface area contributed by atoms with Gasteiger partial charge in [-0.15, -0.1) is 0 Å². The molecule has 1 aliphatic carbocycles. The molecule has 1 saturated carbocycles. The number of aliphatic hydroxyl groups excluding tert-OH is 1. The molecule has 1 fully saturated rings. The maximum Gasteiger partial charge on any atom is 0.119 e. The highest BCUT2D eigenvalue weighted by molar-refractivity contribution is 5.36. The Kier molecular flexibility index (Phi) is 4.87. The fourth-order valence-corrected chi connectivity index (χ4v) is 3.35. The third-order valence-corrected chi connectivity index (χ3v) is 4.64. The summed E-state index contributed by atoms with van der Waals surface area (Å²) in [5.41, 5.74) is 2.20. The van der Waals surface area contributed by atoms with Crippen molar-refractivity contribution in [3.8, 4) is 5.75 Å². The molecule has 0 aliphatic heterocycles. The van der Waals surface area contributed by atoms with Crippen LogP contribution in [0.3, 0.4) is 0 Å². The van der Waals surface area contributed by atoms with E-state index in [-0.39, 0.29) is 6.10 Å².